The Morgan fingerprint density at radius 3 is 2.83 bits per heavy atom. The summed E-state index contributed by atoms with van der Waals surface area (Å²) in [6, 6.07) is 8.75. The van der Waals surface area contributed by atoms with Crippen molar-refractivity contribution >= 4 is 11.6 Å². The monoisotopic (exact) mass is 314 g/mol. The van der Waals surface area contributed by atoms with Crippen LogP contribution in [0.4, 0.5) is 5.69 Å². The van der Waals surface area contributed by atoms with E-state index in [1.54, 1.807) is 0 Å². The molecule has 124 valence electrons. The Morgan fingerprint density at radius 2 is 2.13 bits per heavy atom. The summed E-state index contributed by atoms with van der Waals surface area (Å²) < 4.78 is 5.93. The maximum atomic E-state index is 13.3. The van der Waals surface area contributed by atoms with Gasteiger partial charge in [-0.25, -0.2) is 0 Å². The third-order valence-corrected chi connectivity index (χ3v) is 5.85. The molecular weight excluding hydrogens is 288 g/mol. The summed E-state index contributed by atoms with van der Waals surface area (Å²) in [6.07, 6.45) is 4.61. The summed E-state index contributed by atoms with van der Waals surface area (Å²) in [5, 5.41) is 0. The van der Waals surface area contributed by atoms with Gasteiger partial charge in [-0.05, 0) is 37.3 Å². The van der Waals surface area contributed by atoms with Crippen molar-refractivity contribution < 1.29 is 9.53 Å². The largest absolute Gasteiger partial charge is 0.374 e. The minimum atomic E-state index is 0.0818. The molecule has 3 aliphatic heterocycles. The van der Waals surface area contributed by atoms with Gasteiger partial charge < -0.3 is 14.5 Å². The average molecular weight is 314 g/mol. The van der Waals surface area contributed by atoms with E-state index in [4.69, 9.17) is 4.74 Å². The number of ether oxygens (including phenoxy) is 1. The Bertz CT molecular complexity index is 603. The van der Waals surface area contributed by atoms with Crippen molar-refractivity contribution in [3.05, 3.63) is 29.8 Å². The summed E-state index contributed by atoms with van der Waals surface area (Å²) in [5.41, 5.74) is 2.51. The van der Waals surface area contributed by atoms with Crippen molar-refractivity contribution in [3.63, 3.8) is 0 Å². The number of fused-ring (bicyclic) bond motifs is 3. The van der Waals surface area contributed by atoms with Gasteiger partial charge in [0.25, 0.3) is 0 Å². The summed E-state index contributed by atoms with van der Waals surface area (Å²) in [5.74, 6) is 0.396. The molecule has 0 N–H and O–H groups in total. The average Bonchev–Trinajstić information content (AvgIpc) is 3.17. The van der Waals surface area contributed by atoms with E-state index in [9.17, 15) is 4.79 Å². The Labute approximate surface area is 138 Å². The second-order valence-corrected chi connectivity index (χ2v) is 7.25. The molecule has 0 unspecified atom stereocenters. The second kappa shape index (κ2) is 5.82. The second-order valence-electron chi connectivity index (χ2n) is 7.25. The summed E-state index contributed by atoms with van der Waals surface area (Å²) in [6.45, 7) is 3.82. The van der Waals surface area contributed by atoms with Gasteiger partial charge in [0.1, 0.15) is 0 Å². The van der Waals surface area contributed by atoms with Gasteiger partial charge in [-0.15, -0.1) is 0 Å². The maximum absolute atomic E-state index is 13.3. The minimum Gasteiger partial charge on any atom is -0.374 e. The van der Waals surface area contributed by atoms with Gasteiger partial charge in [-0.3, -0.25) is 4.79 Å². The van der Waals surface area contributed by atoms with E-state index >= 15 is 0 Å². The Morgan fingerprint density at radius 1 is 1.30 bits per heavy atom. The van der Waals surface area contributed by atoms with Gasteiger partial charge in [-0.1, -0.05) is 25.1 Å². The fourth-order valence-corrected chi connectivity index (χ4v) is 4.56. The predicted octanol–water partition coefficient (Wildman–Crippen LogP) is 2.81. The number of amides is 1. The van der Waals surface area contributed by atoms with Crippen LogP contribution in [0, 0.1) is 5.92 Å². The number of hydrogen-bond donors (Lipinski definition) is 0. The zero-order valence-corrected chi connectivity index (χ0v) is 14.1. The molecule has 0 aromatic heterocycles. The number of likely N-dealkylation sites (N-methyl/N-ethyl adjacent to an activating group) is 1. The molecule has 1 aromatic carbocycles. The van der Waals surface area contributed by atoms with E-state index in [1.165, 1.54) is 11.3 Å². The highest BCUT2D eigenvalue weighted by Gasteiger charge is 2.46. The topological polar surface area (TPSA) is 32.8 Å². The highest BCUT2D eigenvalue weighted by Crippen LogP contribution is 2.40. The fraction of sp³-hybridized carbons (Fsp3) is 0.632. The van der Waals surface area contributed by atoms with E-state index in [-0.39, 0.29) is 18.1 Å². The van der Waals surface area contributed by atoms with Gasteiger partial charge in [0.2, 0.25) is 5.91 Å². The molecule has 2 fully saturated rings. The minimum absolute atomic E-state index is 0.0818. The first-order valence-electron chi connectivity index (χ1n) is 8.92. The lowest BCUT2D eigenvalue weighted by molar-refractivity contribution is -0.140. The van der Waals surface area contributed by atoms with Gasteiger partial charge in [0.15, 0.2) is 0 Å². The highest BCUT2D eigenvalue weighted by molar-refractivity contribution is 5.81. The van der Waals surface area contributed by atoms with E-state index in [0.29, 0.717) is 12.0 Å². The van der Waals surface area contributed by atoms with Crippen molar-refractivity contribution in [2.24, 2.45) is 5.92 Å². The van der Waals surface area contributed by atoms with Crippen LogP contribution < -0.4 is 4.90 Å². The molecular formula is C19H26N2O2. The van der Waals surface area contributed by atoms with Crippen molar-refractivity contribution in [3.8, 4) is 0 Å². The Kier molecular flexibility index (Phi) is 3.80. The number of nitrogens with zero attached hydrogens (tertiary/aromatic N) is 2. The van der Waals surface area contributed by atoms with Gasteiger partial charge in [0, 0.05) is 31.9 Å². The molecule has 0 radical (unpaired) electrons. The van der Waals surface area contributed by atoms with Gasteiger partial charge >= 0.3 is 0 Å². The quantitative estimate of drug-likeness (QED) is 0.841. The van der Waals surface area contributed by atoms with E-state index in [1.807, 2.05) is 0 Å². The number of carbonyl (C=O) groups excluding carboxylic acids is 1. The van der Waals surface area contributed by atoms with Crippen LogP contribution in [0.25, 0.3) is 0 Å². The highest BCUT2D eigenvalue weighted by atomic mass is 16.5. The molecule has 0 spiro atoms. The first-order chi connectivity index (χ1) is 11.2. The number of para-hydroxylation sites is 1. The maximum Gasteiger partial charge on any atom is 0.229 e. The van der Waals surface area contributed by atoms with Crippen molar-refractivity contribution in [1.82, 2.24) is 4.90 Å². The molecule has 1 amide bonds. The van der Waals surface area contributed by atoms with Crippen LogP contribution in [0.2, 0.25) is 0 Å². The van der Waals surface area contributed by atoms with Crippen molar-refractivity contribution in [2.75, 3.05) is 18.5 Å². The molecule has 4 nitrogen and oxygen atoms in total. The van der Waals surface area contributed by atoms with E-state index < -0.39 is 0 Å². The summed E-state index contributed by atoms with van der Waals surface area (Å²) >= 11 is 0. The molecule has 4 atom stereocenters. The molecule has 2 saturated heterocycles. The zero-order chi connectivity index (χ0) is 16.0. The number of carbonyl (C=O) groups is 1. The van der Waals surface area contributed by atoms with Crippen molar-refractivity contribution in [1.29, 1.82) is 0 Å². The zero-order valence-electron chi connectivity index (χ0n) is 14.1. The molecule has 4 heteroatoms. The molecule has 3 heterocycles. The molecule has 1 aromatic rings. The lowest BCUT2D eigenvalue weighted by Gasteiger charge is -2.34. The van der Waals surface area contributed by atoms with Crippen LogP contribution >= 0.6 is 0 Å². The van der Waals surface area contributed by atoms with Gasteiger partial charge in [0.05, 0.1) is 18.1 Å². The fourth-order valence-electron chi connectivity index (χ4n) is 4.56. The molecule has 0 aliphatic carbocycles. The van der Waals surface area contributed by atoms with E-state index in [0.717, 1.165) is 38.8 Å². The SMILES string of the molecule is CC[C@H]1CN(C)c2ccccc2CN1C(=O)[C@H]1C[C@H]2CC[C@H]1O2. The first-order valence-corrected chi connectivity index (χ1v) is 8.92. The normalized spacial score (nSPS) is 32.8. The molecule has 4 rings (SSSR count). The summed E-state index contributed by atoms with van der Waals surface area (Å²) in [4.78, 5) is 17.7. The van der Waals surface area contributed by atoms with Crippen LogP contribution in [-0.2, 0) is 16.1 Å². The Balaban J connectivity index is 1.62. The van der Waals surface area contributed by atoms with Crippen LogP contribution in [0.1, 0.15) is 38.2 Å². The number of benzene rings is 1. The molecule has 0 saturated carbocycles. The van der Waals surface area contributed by atoms with Crippen LogP contribution in [0.3, 0.4) is 0 Å². The lowest BCUT2D eigenvalue weighted by atomic mass is 9.87. The third-order valence-electron chi connectivity index (χ3n) is 5.85. The van der Waals surface area contributed by atoms with Crippen LogP contribution in [0.15, 0.2) is 24.3 Å². The lowest BCUT2D eigenvalue weighted by Crippen LogP contribution is -2.47. The van der Waals surface area contributed by atoms with Crippen molar-refractivity contribution in [2.45, 2.75) is 57.4 Å². The Hall–Kier alpha value is -1.55. The first kappa shape index (κ1) is 15.0. The predicted molar refractivity (Wildman–Crippen MR) is 90.3 cm³/mol. The number of rotatable bonds is 2. The van der Waals surface area contributed by atoms with Gasteiger partial charge in [-0.2, -0.15) is 0 Å². The standard InChI is InChI=1S/C19H26N2O2/c1-3-14-12-20(2)17-7-5-4-6-13(17)11-21(14)19(22)16-10-15-8-9-18(16)23-15/h4-7,14-16,18H,3,8-12H2,1-2H3/t14-,15+,16-,18+/m0/s1. The molecule has 23 heavy (non-hydrogen) atoms. The molecule has 2 bridgehead atoms. The smallest absolute Gasteiger partial charge is 0.229 e. The number of hydrogen-bond acceptors (Lipinski definition) is 3. The molecule has 3 aliphatic rings. The van der Waals surface area contributed by atoms with Crippen LogP contribution in [0.5, 0.6) is 0 Å². The van der Waals surface area contributed by atoms with Crippen LogP contribution in [-0.4, -0.2) is 42.6 Å². The number of anilines is 1. The van der Waals surface area contributed by atoms with E-state index in [2.05, 4.69) is 48.0 Å². The summed E-state index contributed by atoms with van der Waals surface area (Å²) in [7, 11) is 2.14. The third kappa shape index (κ3) is 2.53.